The average Bonchev–Trinajstić information content (AvgIpc) is 2.93. The van der Waals surface area contributed by atoms with Crippen molar-refractivity contribution < 1.29 is 9.34 Å². The van der Waals surface area contributed by atoms with E-state index in [2.05, 4.69) is 15.3 Å². The number of rotatable bonds is 5. The molecule has 0 saturated carbocycles. The van der Waals surface area contributed by atoms with Gasteiger partial charge in [0.05, 0.1) is 17.7 Å². The topological polar surface area (TPSA) is 97.3 Å². The highest BCUT2D eigenvalue weighted by molar-refractivity contribution is 5.70. The van der Waals surface area contributed by atoms with Crippen LogP contribution in [0.2, 0.25) is 0 Å². The SMILES string of the molecule is O=[N+]([O-])c1c(NCc2ccco2)ncnc1N1CCCCCC1. The Morgan fingerprint density at radius 1 is 1.26 bits per heavy atom. The van der Waals surface area contributed by atoms with Crippen molar-refractivity contribution in [3.8, 4) is 0 Å². The van der Waals surface area contributed by atoms with Gasteiger partial charge in [0.25, 0.3) is 0 Å². The van der Waals surface area contributed by atoms with Gasteiger partial charge in [0.1, 0.15) is 12.1 Å². The molecule has 0 spiro atoms. The lowest BCUT2D eigenvalue weighted by molar-refractivity contribution is -0.383. The Balaban J connectivity index is 1.86. The fourth-order valence-electron chi connectivity index (χ4n) is 2.76. The van der Waals surface area contributed by atoms with Gasteiger partial charge < -0.3 is 14.6 Å². The van der Waals surface area contributed by atoms with Crippen LogP contribution in [0.1, 0.15) is 31.4 Å². The second kappa shape index (κ2) is 7.08. The molecule has 0 atom stereocenters. The van der Waals surface area contributed by atoms with Crippen LogP contribution >= 0.6 is 0 Å². The van der Waals surface area contributed by atoms with Gasteiger partial charge in [-0.2, -0.15) is 0 Å². The van der Waals surface area contributed by atoms with Crippen LogP contribution < -0.4 is 10.2 Å². The van der Waals surface area contributed by atoms with E-state index in [9.17, 15) is 10.1 Å². The maximum atomic E-state index is 11.6. The van der Waals surface area contributed by atoms with Gasteiger partial charge in [-0.1, -0.05) is 12.8 Å². The molecule has 8 heteroatoms. The molecule has 1 N–H and O–H groups in total. The van der Waals surface area contributed by atoms with E-state index in [1.54, 1.807) is 18.4 Å². The Kier molecular flexibility index (Phi) is 4.70. The third kappa shape index (κ3) is 3.58. The molecule has 1 saturated heterocycles. The van der Waals surface area contributed by atoms with Crippen molar-refractivity contribution in [2.45, 2.75) is 32.2 Å². The summed E-state index contributed by atoms with van der Waals surface area (Å²) >= 11 is 0. The van der Waals surface area contributed by atoms with Gasteiger partial charge in [0.15, 0.2) is 0 Å². The molecular weight excluding hydrogens is 298 g/mol. The van der Waals surface area contributed by atoms with Gasteiger partial charge in [0, 0.05) is 13.1 Å². The van der Waals surface area contributed by atoms with Crippen LogP contribution in [0.4, 0.5) is 17.3 Å². The minimum atomic E-state index is -0.412. The van der Waals surface area contributed by atoms with Gasteiger partial charge >= 0.3 is 5.69 Å². The van der Waals surface area contributed by atoms with E-state index < -0.39 is 4.92 Å². The van der Waals surface area contributed by atoms with Gasteiger partial charge in [-0.05, 0) is 25.0 Å². The first kappa shape index (κ1) is 15.3. The molecule has 2 aromatic rings. The fourth-order valence-corrected chi connectivity index (χ4v) is 2.76. The van der Waals surface area contributed by atoms with Crippen LogP contribution in [0.3, 0.4) is 0 Å². The Morgan fingerprint density at radius 3 is 2.70 bits per heavy atom. The molecule has 0 radical (unpaired) electrons. The molecule has 2 aromatic heterocycles. The fraction of sp³-hybridized carbons (Fsp3) is 0.467. The molecule has 3 rings (SSSR count). The van der Waals surface area contributed by atoms with Crippen molar-refractivity contribution >= 4 is 17.3 Å². The number of anilines is 2. The summed E-state index contributed by atoms with van der Waals surface area (Å²) in [5.74, 6) is 1.31. The Labute approximate surface area is 133 Å². The molecule has 23 heavy (non-hydrogen) atoms. The number of hydrogen-bond acceptors (Lipinski definition) is 7. The standard InChI is InChI=1S/C15H19N5O3/c21-20(22)13-14(16-10-12-6-5-9-23-12)17-11-18-15(13)19-7-3-1-2-4-8-19/h5-6,9,11H,1-4,7-8,10H2,(H,16,17,18). The third-order valence-corrected chi connectivity index (χ3v) is 3.90. The van der Waals surface area contributed by atoms with Crippen LogP contribution in [0.15, 0.2) is 29.1 Å². The monoisotopic (exact) mass is 317 g/mol. The maximum absolute atomic E-state index is 11.6. The van der Waals surface area contributed by atoms with Gasteiger partial charge in [-0.15, -0.1) is 0 Å². The van der Waals surface area contributed by atoms with E-state index >= 15 is 0 Å². The second-order valence-electron chi connectivity index (χ2n) is 5.49. The number of aromatic nitrogens is 2. The van der Waals surface area contributed by atoms with E-state index in [0.29, 0.717) is 18.1 Å². The van der Waals surface area contributed by atoms with Gasteiger partial charge in [0.2, 0.25) is 11.6 Å². The summed E-state index contributed by atoms with van der Waals surface area (Å²) in [4.78, 5) is 21.4. The van der Waals surface area contributed by atoms with Crippen LogP contribution in [0.25, 0.3) is 0 Å². The largest absolute Gasteiger partial charge is 0.467 e. The van der Waals surface area contributed by atoms with Gasteiger partial charge in [-0.3, -0.25) is 10.1 Å². The number of nitrogens with one attached hydrogen (secondary N) is 1. The van der Waals surface area contributed by atoms with Crippen molar-refractivity contribution in [1.82, 2.24) is 9.97 Å². The lowest BCUT2D eigenvalue weighted by atomic mass is 10.2. The zero-order chi connectivity index (χ0) is 16.1. The molecule has 0 bridgehead atoms. The molecule has 0 aromatic carbocycles. The summed E-state index contributed by atoms with van der Waals surface area (Å²) in [6.45, 7) is 1.91. The Bertz CT molecular complexity index is 651. The summed E-state index contributed by atoms with van der Waals surface area (Å²) in [6.07, 6.45) is 7.29. The summed E-state index contributed by atoms with van der Waals surface area (Å²) < 4.78 is 5.23. The highest BCUT2D eigenvalue weighted by Gasteiger charge is 2.27. The first-order valence-corrected chi connectivity index (χ1v) is 7.76. The zero-order valence-corrected chi connectivity index (χ0v) is 12.8. The minimum Gasteiger partial charge on any atom is -0.467 e. The number of nitro groups is 1. The van der Waals surface area contributed by atoms with Gasteiger partial charge in [-0.25, -0.2) is 9.97 Å². The first-order chi connectivity index (χ1) is 11.3. The zero-order valence-electron chi connectivity index (χ0n) is 12.8. The summed E-state index contributed by atoms with van der Waals surface area (Å²) in [6, 6.07) is 3.57. The average molecular weight is 317 g/mol. The smallest absolute Gasteiger partial charge is 0.353 e. The van der Waals surface area contributed by atoms with Crippen molar-refractivity contribution in [3.63, 3.8) is 0 Å². The summed E-state index contributed by atoms with van der Waals surface area (Å²) in [7, 11) is 0. The molecule has 0 aliphatic carbocycles. The summed E-state index contributed by atoms with van der Waals surface area (Å²) in [5, 5.41) is 14.5. The molecule has 1 aliphatic rings. The number of hydrogen-bond donors (Lipinski definition) is 1. The van der Waals surface area contributed by atoms with Crippen molar-refractivity contribution in [3.05, 3.63) is 40.6 Å². The van der Waals surface area contributed by atoms with E-state index in [1.807, 2.05) is 4.90 Å². The van der Waals surface area contributed by atoms with E-state index in [1.165, 1.54) is 6.33 Å². The van der Waals surface area contributed by atoms with Crippen molar-refractivity contribution in [2.24, 2.45) is 0 Å². The first-order valence-electron chi connectivity index (χ1n) is 7.76. The molecule has 0 unspecified atom stereocenters. The molecule has 1 aliphatic heterocycles. The quantitative estimate of drug-likeness (QED) is 0.668. The highest BCUT2D eigenvalue weighted by atomic mass is 16.6. The van der Waals surface area contributed by atoms with Crippen LogP contribution in [0.5, 0.6) is 0 Å². The maximum Gasteiger partial charge on any atom is 0.353 e. The number of furan rings is 1. The van der Waals surface area contributed by atoms with Crippen molar-refractivity contribution in [1.29, 1.82) is 0 Å². The third-order valence-electron chi connectivity index (χ3n) is 3.90. The molecule has 8 nitrogen and oxygen atoms in total. The molecular formula is C15H19N5O3. The lowest BCUT2D eigenvalue weighted by Gasteiger charge is -2.21. The number of nitrogens with zero attached hydrogens (tertiary/aromatic N) is 4. The van der Waals surface area contributed by atoms with Crippen LogP contribution in [0, 0.1) is 10.1 Å². The van der Waals surface area contributed by atoms with E-state index in [0.717, 1.165) is 38.8 Å². The van der Waals surface area contributed by atoms with Crippen LogP contribution in [-0.4, -0.2) is 28.0 Å². The van der Waals surface area contributed by atoms with E-state index in [-0.39, 0.29) is 11.5 Å². The minimum absolute atomic E-state index is 0.0686. The normalized spacial score (nSPS) is 15.2. The summed E-state index contributed by atoms with van der Waals surface area (Å²) in [5.41, 5.74) is -0.0686. The van der Waals surface area contributed by atoms with Crippen molar-refractivity contribution in [2.75, 3.05) is 23.3 Å². The molecule has 122 valence electrons. The Morgan fingerprint density at radius 2 is 2.04 bits per heavy atom. The highest BCUT2D eigenvalue weighted by Crippen LogP contribution is 2.33. The predicted molar refractivity (Wildman–Crippen MR) is 85.4 cm³/mol. The predicted octanol–water partition coefficient (Wildman–Crippen LogP) is 2.97. The van der Waals surface area contributed by atoms with E-state index in [4.69, 9.17) is 4.42 Å². The van der Waals surface area contributed by atoms with Crippen LogP contribution in [-0.2, 0) is 6.54 Å². The molecule has 0 amide bonds. The second-order valence-corrected chi connectivity index (χ2v) is 5.49. The Hall–Kier alpha value is -2.64. The lowest BCUT2D eigenvalue weighted by Crippen LogP contribution is -2.26. The molecule has 3 heterocycles. The molecule has 1 fully saturated rings.